The van der Waals surface area contributed by atoms with Gasteiger partial charge < -0.3 is 20.0 Å². The molecule has 2 aliphatic heterocycles. The standard InChI is InChI=1S/C18H35N5O/c1-4-19-18(23-13-11-22(12-14-23)17(3)24)20-8-6-10-21-9-5-7-16(2)15-21/h16H,4-15H2,1-3H3,(H,19,20). The Hall–Kier alpha value is -1.30. The smallest absolute Gasteiger partial charge is 0.219 e. The van der Waals surface area contributed by atoms with E-state index in [9.17, 15) is 4.79 Å². The average molecular weight is 338 g/mol. The van der Waals surface area contributed by atoms with Crippen LogP contribution in [-0.2, 0) is 4.79 Å². The van der Waals surface area contributed by atoms with Crippen LogP contribution in [0.25, 0.3) is 0 Å². The fourth-order valence-electron chi connectivity index (χ4n) is 3.63. The van der Waals surface area contributed by atoms with Crippen LogP contribution in [0.2, 0.25) is 0 Å². The molecule has 1 amide bonds. The summed E-state index contributed by atoms with van der Waals surface area (Å²) in [5, 5.41) is 3.40. The SMILES string of the molecule is CCNC(=NCCCN1CCCC(C)C1)N1CCN(C(C)=O)CC1. The van der Waals surface area contributed by atoms with Gasteiger partial charge in [-0.05, 0) is 45.2 Å². The minimum absolute atomic E-state index is 0.173. The third kappa shape index (κ3) is 5.96. The van der Waals surface area contributed by atoms with E-state index in [1.165, 1.54) is 25.9 Å². The van der Waals surface area contributed by atoms with E-state index in [1.807, 2.05) is 4.90 Å². The number of carbonyl (C=O) groups excluding carboxylic acids is 1. The van der Waals surface area contributed by atoms with E-state index in [2.05, 4.69) is 29.0 Å². The second-order valence-electron chi connectivity index (χ2n) is 7.13. The summed E-state index contributed by atoms with van der Waals surface area (Å²) in [7, 11) is 0. The molecule has 2 heterocycles. The third-order valence-corrected chi connectivity index (χ3v) is 4.99. The third-order valence-electron chi connectivity index (χ3n) is 4.99. The molecule has 2 saturated heterocycles. The zero-order chi connectivity index (χ0) is 17.4. The Balaban J connectivity index is 1.75. The number of piperazine rings is 1. The first-order valence-electron chi connectivity index (χ1n) is 9.61. The summed E-state index contributed by atoms with van der Waals surface area (Å²) in [6.07, 6.45) is 3.84. The number of piperidine rings is 1. The summed E-state index contributed by atoms with van der Waals surface area (Å²) in [5.74, 6) is 2.03. The molecule has 0 bridgehead atoms. The second-order valence-corrected chi connectivity index (χ2v) is 7.13. The van der Waals surface area contributed by atoms with Crippen LogP contribution in [0, 0.1) is 5.92 Å². The van der Waals surface area contributed by atoms with E-state index >= 15 is 0 Å². The molecule has 6 nitrogen and oxygen atoms in total. The molecule has 0 saturated carbocycles. The lowest BCUT2D eigenvalue weighted by molar-refractivity contribution is -0.130. The van der Waals surface area contributed by atoms with Crippen molar-refractivity contribution in [3.8, 4) is 0 Å². The maximum absolute atomic E-state index is 11.4. The van der Waals surface area contributed by atoms with Crippen LogP contribution in [0.3, 0.4) is 0 Å². The highest BCUT2D eigenvalue weighted by molar-refractivity contribution is 5.80. The van der Waals surface area contributed by atoms with Gasteiger partial charge in [0.1, 0.15) is 0 Å². The zero-order valence-corrected chi connectivity index (χ0v) is 15.8. The van der Waals surface area contributed by atoms with E-state index in [0.29, 0.717) is 0 Å². The number of guanidine groups is 1. The molecule has 0 radical (unpaired) electrons. The molecule has 0 aliphatic carbocycles. The molecule has 0 aromatic carbocycles. The summed E-state index contributed by atoms with van der Waals surface area (Å²) in [6, 6.07) is 0. The van der Waals surface area contributed by atoms with Gasteiger partial charge in [0.25, 0.3) is 0 Å². The Kier molecular flexibility index (Phi) is 7.82. The summed E-state index contributed by atoms with van der Waals surface area (Å²) < 4.78 is 0. The van der Waals surface area contributed by atoms with Gasteiger partial charge in [-0.15, -0.1) is 0 Å². The van der Waals surface area contributed by atoms with E-state index in [-0.39, 0.29) is 5.91 Å². The Morgan fingerprint density at radius 1 is 1.17 bits per heavy atom. The van der Waals surface area contributed by atoms with Crippen molar-refractivity contribution in [3.05, 3.63) is 0 Å². The molecular formula is C18H35N5O. The van der Waals surface area contributed by atoms with Crippen molar-refractivity contribution in [2.75, 3.05) is 58.9 Å². The van der Waals surface area contributed by atoms with Gasteiger partial charge in [-0.2, -0.15) is 0 Å². The van der Waals surface area contributed by atoms with Gasteiger partial charge in [0.2, 0.25) is 5.91 Å². The van der Waals surface area contributed by atoms with Crippen LogP contribution in [0.1, 0.15) is 40.0 Å². The first-order valence-corrected chi connectivity index (χ1v) is 9.61. The number of nitrogens with zero attached hydrogens (tertiary/aromatic N) is 4. The lowest BCUT2D eigenvalue weighted by atomic mass is 10.0. The van der Waals surface area contributed by atoms with Crippen LogP contribution in [-0.4, -0.2) is 85.5 Å². The van der Waals surface area contributed by atoms with Crippen molar-refractivity contribution in [1.82, 2.24) is 20.0 Å². The number of nitrogens with one attached hydrogen (secondary N) is 1. The van der Waals surface area contributed by atoms with Gasteiger partial charge >= 0.3 is 0 Å². The molecule has 138 valence electrons. The van der Waals surface area contributed by atoms with Crippen LogP contribution < -0.4 is 5.32 Å². The van der Waals surface area contributed by atoms with Crippen molar-refractivity contribution in [3.63, 3.8) is 0 Å². The van der Waals surface area contributed by atoms with Gasteiger partial charge in [-0.25, -0.2) is 0 Å². The van der Waals surface area contributed by atoms with E-state index < -0.39 is 0 Å². The normalized spacial score (nSPS) is 23.5. The molecule has 6 heteroatoms. The number of aliphatic imine (C=N–C) groups is 1. The lowest BCUT2D eigenvalue weighted by Crippen LogP contribution is -2.53. The molecule has 2 aliphatic rings. The molecule has 0 spiro atoms. The van der Waals surface area contributed by atoms with Crippen molar-refractivity contribution >= 4 is 11.9 Å². The van der Waals surface area contributed by atoms with Crippen molar-refractivity contribution in [2.45, 2.75) is 40.0 Å². The lowest BCUT2D eigenvalue weighted by Gasteiger charge is -2.36. The molecule has 2 fully saturated rings. The van der Waals surface area contributed by atoms with E-state index in [1.54, 1.807) is 6.92 Å². The van der Waals surface area contributed by atoms with Crippen molar-refractivity contribution in [1.29, 1.82) is 0 Å². The van der Waals surface area contributed by atoms with Gasteiger partial charge in [0.15, 0.2) is 5.96 Å². The highest BCUT2D eigenvalue weighted by Crippen LogP contribution is 2.15. The topological polar surface area (TPSA) is 51.2 Å². The van der Waals surface area contributed by atoms with Crippen LogP contribution >= 0.6 is 0 Å². The van der Waals surface area contributed by atoms with E-state index in [0.717, 1.165) is 64.1 Å². The molecule has 0 aromatic rings. The highest BCUT2D eigenvalue weighted by Gasteiger charge is 2.21. The molecule has 1 atom stereocenters. The minimum atomic E-state index is 0.173. The predicted molar refractivity (Wildman–Crippen MR) is 99.3 cm³/mol. The Morgan fingerprint density at radius 2 is 1.88 bits per heavy atom. The fourth-order valence-corrected chi connectivity index (χ4v) is 3.63. The Labute approximate surface area is 147 Å². The number of carbonyl (C=O) groups is 1. The molecular weight excluding hydrogens is 302 g/mol. The maximum atomic E-state index is 11.4. The molecule has 24 heavy (non-hydrogen) atoms. The van der Waals surface area contributed by atoms with Gasteiger partial charge in [-0.1, -0.05) is 6.92 Å². The largest absolute Gasteiger partial charge is 0.357 e. The van der Waals surface area contributed by atoms with Gasteiger partial charge in [-0.3, -0.25) is 9.79 Å². The number of hydrogen-bond donors (Lipinski definition) is 1. The average Bonchev–Trinajstić information content (AvgIpc) is 2.58. The highest BCUT2D eigenvalue weighted by atomic mass is 16.2. The Morgan fingerprint density at radius 3 is 2.50 bits per heavy atom. The Bertz CT molecular complexity index is 418. The summed E-state index contributed by atoms with van der Waals surface area (Å²) in [4.78, 5) is 23.0. The maximum Gasteiger partial charge on any atom is 0.219 e. The number of hydrogen-bond acceptors (Lipinski definition) is 3. The monoisotopic (exact) mass is 337 g/mol. The van der Waals surface area contributed by atoms with Crippen LogP contribution in [0.4, 0.5) is 0 Å². The summed E-state index contributed by atoms with van der Waals surface area (Å²) in [6.45, 7) is 14.9. The van der Waals surface area contributed by atoms with Gasteiger partial charge in [0.05, 0.1) is 0 Å². The molecule has 1 N–H and O–H groups in total. The van der Waals surface area contributed by atoms with Gasteiger partial charge in [0, 0.05) is 52.7 Å². The number of amides is 1. The first-order chi connectivity index (χ1) is 11.6. The van der Waals surface area contributed by atoms with Crippen LogP contribution in [0.5, 0.6) is 0 Å². The quantitative estimate of drug-likeness (QED) is 0.466. The second kappa shape index (κ2) is 9.87. The van der Waals surface area contributed by atoms with Crippen LogP contribution in [0.15, 0.2) is 4.99 Å². The first kappa shape index (κ1) is 19.0. The summed E-state index contributed by atoms with van der Waals surface area (Å²) >= 11 is 0. The van der Waals surface area contributed by atoms with Crippen molar-refractivity contribution < 1.29 is 4.79 Å². The van der Waals surface area contributed by atoms with Crippen molar-refractivity contribution in [2.24, 2.45) is 10.9 Å². The fraction of sp³-hybridized carbons (Fsp3) is 0.889. The molecule has 2 rings (SSSR count). The minimum Gasteiger partial charge on any atom is -0.357 e. The number of rotatable bonds is 5. The molecule has 1 unspecified atom stereocenters. The number of likely N-dealkylation sites (tertiary alicyclic amines) is 1. The molecule has 0 aromatic heterocycles. The predicted octanol–water partition coefficient (Wildman–Crippen LogP) is 1.24. The summed E-state index contributed by atoms with van der Waals surface area (Å²) in [5.41, 5.74) is 0. The van der Waals surface area contributed by atoms with E-state index in [4.69, 9.17) is 4.99 Å². The zero-order valence-electron chi connectivity index (χ0n) is 15.8.